The van der Waals surface area contributed by atoms with Crippen LogP contribution < -0.4 is 11.2 Å². The molecule has 1 fully saturated rings. The molecule has 9 nitrogen and oxygen atoms in total. The lowest BCUT2D eigenvalue weighted by molar-refractivity contribution is -0.115. The number of aliphatic hydroxyl groups is 3. The topological polar surface area (TPSA) is 149 Å². The maximum atomic E-state index is 11.9. The predicted octanol–water partition coefficient (Wildman–Crippen LogP) is -2.62. The first-order valence-electron chi connectivity index (χ1n) is 6.01. The number of nitriles is 1. The number of nitrogens with one attached hydrogen (secondary N) is 1. The van der Waals surface area contributed by atoms with Crippen molar-refractivity contribution < 1.29 is 20.1 Å². The van der Waals surface area contributed by atoms with Crippen LogP contribution in [-0.2, 0) is 10.5 Å². The van der Waals surface area contributed by atoms with Crippen molar-refractivity contribution in [1.82, 2.24) is 9.55 Å². The van der Waals surface area contributed by atoms with Gasteiger partial charge >= 0.3 is 5.69 Å². The Morgan fingerprint density at radius 2 is 2.24 bits per heavy atom. The van der Waals surface area contributed by atoms with E-state index in [1.165, 1.54) is 0 Å². The van der Waals surface area contributed by atoms with E-state index < -0.39 is 41.9 Å². The van der Waals surface area contributed by atoms with Gasteiger partial charge in [0.15, 0.2) is 5.72 Å². The van der Waals surface area contributed by atoms with Gasteiger partial charge in [-0.15, -0.1) is 0 Å². The first kappa shape index (κ1) is 15.1. The molecule has 112 valence electrons. The number of hydrogen-bond acceptors (Lipinski definition) is 7. The molecule has 1 aromatic heterocycles. The van der Waals surface area contributed by atoms with Crippen molar-refractivity contribution in [1.29, 1.82) is 5.26 Å². The molecule has 1 aliphatic rings. The Labute approximate surface area is 118 Å². The summed E-state index contributed by atoms with van der Waals surface area (Å²) in [4.78, 5) is 25.0. The summed E-state index contributed by atoms with van der Waals surface area (Å²) in [6.45, 7) is -0.599. The molecule has 0 unspecified atom stereocenters. The van der Waals surface area contributed by atoms with Crippen molar-refractivity contribution in [3.8, 4) is 6.07 Å². The van der Waals surface area contributed by atoms with Crippen molar-refractivity contribution in [2.24, 2.45) is 0 Å². The number of aromatic amines is 1. The van der Waals surface area contributed by atoms with Gasteiger partial charge < -0.3 is 20.1 Å². The zero-order valence-electron chi connectivity index (χ0n) is 10.7. The largest absolute Gasteiger partial charge is 0.394 e. The van der Waals surface area contributed by atoms with Crippen LogP contribution in [0, 0.1) is 11.3 Å². The van der Waals surface area contributed by atoms with Crippen LogP contribution >= 0.6 is 0 Å². The van der Waals surface area contributed by atoms with Crippen molar-refractivity contribution in [3.05, 3.63) is 45.3 Å². The molecule has 4 atom stereocenters. The zero-order chi connectivity index (χ0) is 15.6. The summed E-state index contributed by atoms with van der Waals surface area (Å²) < 4.78 is 6.22. The Morgan fingerprint density at radius 1 is 1.52 bits per heavy atom. The molecule has 0 aliphatic carbocycles. The van der Waals surface area contributed by atoms with Gasteiger partial charge in [-0.05, 0) is 6.08 Å². The first-order valence-corrected chi connectivity index (χ1v) is 6.01. The summed E-state index contributed by atoms with van der Waals surface area (Å²) in [5.74, 6) is 0. The Kier molecular flexibility index (Phi) is 4.06. The number of allylic oxidation sites excluding steroid dienone is 1. The molecular formula is C12H13N3O6. The van der Waals surface area contributed by atoms with E-state index in [0.29, 0.717) is 0 Å². The molecule has 0 spiro atoms. The van der Waals surface area contributed by atoms with Gasteiger partial charge in [-0.25, -0.2) is 4.79 Å². The highest BCUT2D eigenvalue weighted by molar-refractivity contribution is 5.16. The third-order valence-corrected chi connectivity index (χ3v) is 3.25. The molecule has 0 amide bonds. The maximum absolute atomic E-state index is 11.9. The maximum Gasteiger partial charge on any atom is 0.331 e. The monoisotopic (exact) mass is 295 g/mol. The molecule has 0 bridgehead atoms. The number of hydrogen-bond donors (Lipinski definition) is 4. The molecule has 0 saturated carbocycles. The van der Waals surface area contributed by atoms with Crippen LogP contribution in [0.15, 0.2) is 34.0 Å². The summed E-state index contributed by atoms with van der Waals surface area (Å²) >= 11 is 0. The summed E-state index contributed by atoms with van der Waals surface area (Å²) in [5, 5.41) is 37.8. The minimum absolute atomic E-state index is 0.599. The molecule has 21 heavy (non-hydrogen) atoms. The molecule has 2 rings (SSSR count). The molecule has 1 aliphatic heterocycles. The smallest absolute Gasteiger partial charge is 0.331 e. The number of H-pyrrole nitrogens is 1. The lowest BCUT2D eigenvalue weighted by Gasteiger charge is -2.30. The molecule has 9 heteroatoms. The number of aliphatic hydroxyl groups excluding tert-OH is 3. The number of rotatable bonds is 3. The molecular weight excluding hydrogens is 282 g/mol. The van der Waals surface area contributed by atoms with E-state index in [-0.39, 0.29) is 0 Å². The molecule has 4 N–H and O–H groups in total. The van der Waals surface area contributed by atoms with Crippen LogP contribution in [0.3, 0.4) is 0 Å². The Bertz CT molecular complexity index is 702. The number of aromatic nitrogens is 2. The molecule has 0 aromatic carbocycles. The van der Waals surface area contributed by atoms with Gasteiger partial charge in [-0.3, -0.25) is 14.3 Å². The van der Waals surface area contributed by atoms with Crippen LogP contribution in [0.25, 0.3) is 0 Å². The fourth-order valence-electron chi connectivity index (χ4n) is 2.24. The van der Waals surface area contributed by atoms with E-state index in [4.69, 9.17) is 15.1 Å². The molecule has 0 radical (unpaired) electrons. The average Bonchev–Trinajstić information content (AvgIpc) is 2.70. The SMILES string of the molecule is N#CC=C[C@@]1(n2ccc(=O)[nH]c2=O)O[C@H](CO)[C@@H](O)[C@H]1O. The highest BCUT2D eigenvalue weighted by Crippen LogP contribution is 2.35. The van der Waals surface area contributed by atoms with Gasteiger partial charge in [0.2, 0.25) is 0 Å². The molecule has 1 aromatic rings. The van der Waals surface area contributed by atoms with E-state index in [0.717, 1.165) is 29.0 Å². The van der Waals surface area contributed by atoms with Crippen LogP contribution in [-0.4, -0.2) is 49.8 Å². The fourth-order valence-corrected chi connectivity index (χ4v) is 2.24. The second-order valence-electron chi connectivity index (χ2n) is 4.47. The van der Waals surface area contributed by atoms with E-state index in [1.54, 1.807) is 6.07 Å². The minimum atomic E-state index is -1.90. The van der Waals surface area contributed by atoms with Crippen LogP contribution in [0.5, 0.6) is 0 Å². The summed E-state index contributed by atoms with van der Waals surface area (Å²) in [7, 11) is 0. The Balaban J connectivity index is 2.64. The lowest BCUT2D eigenvalue weighted by Crippen LogP contribution is -2.50. The van der Waals surface area contributed by atoms with E-state index in [2.05, 4.69) is 0 Å². The summed E-state index contributed by atoms with van der Waals surface area (Å²) in [5.41, 5.74) is -3.44. The summed E-state index contributed by atoms with van der Waals surface area (Å²) in [6.07, 6.45) is -1.13. The zero-order valence-corrected chi connectivity index (χ0v) is 10.7. The van der Waals surface area contributed by atoms with Crippen LogP contribution in [0.4, 0.5) is 0 Å². The second-order valence-corrected chi connectivity index (χ2v) is 4.47. The summed E-state index contributed by atoms with van der Waals surface area (Å²) in [6, 6.07) is 2.71. The fraction of sp³-hybridized carbons (Fsp3) is 0.417. The highest BCUT2D eigenvalue weighted by Gasteiger charge is 2.54. The number of ether oxygens (including phenoxy) is 1. The van der Waals surface area contributed by atoms with Crippen molar-refractivity contribution in [2.45, 2.75) is 24.0 Å². The van der Waals surface area contributed by atoms with Crippen molar-refractivity contribution in [3.63, 3.8) is 0 Å². The molecule has 1 saturated heterocycles. The van der Waals surface area contributed by atoms with Crippen LogP contribution in [0.2, 0.25) is 0 Å². The van der Waals surface area contributed by atoms with Crippen LogP contribution in [0.1, 0.15) is 0 Å². The highest BCUT2D eigenvalue weighted by atomic mass is 16.6. The molecule has 2 heterocycles. The second kappa shape index (κ2) is 5.63. The Hall–Kier alpha value is -2.25. The first-order chi connectivity index (χ1) is 9.96. The minimum Gasteiger partial charge on any atom is -0.394 e. The lowest BCUT2D eigenvalue weighted by atomic mass is 10.0. The van der Waals surface area contributed by atoms with Gasteiger partial charge in [-0.2, -0.15) is 5.26 Å². The van der Waals surface area contributed by atoms with Gasteiger partial charge in [0, 0.05) is 18.3 Å². The average molecular weight is 295 g/mol. The van der Waals surface area contributed by atoms with Crippen molar-refractivity contribution in [2.75, 3.05) is 6.61 Å². The normalized spacial score (nSPS) is 32.4. The third kappa shape index (κ3) is 2.41. The van der Waals surface area contributed by atoms with Crippen molar-refractivity contribution >= 4 is 0 Å². The van der Waals surface area contributed by atoms with Gasteiger partial charge in [-0.1, -0.05) is 0 Å². The van der Waals surface area contributed by atoms with Gasteiger partial charge in [0.05, 0.1) is 12.7 Å². The standard InChI is InChI=1S/C12H13N3O6/c13-4-1-3-12(10(19)9(18)7(6-16)21-12)15-5-2-8(17)14-11(15)20/h1-3,5,7,9-10,16,18-19H,6H2,(H,14,17,20)/t7-,9-,10-,12-/m1/s1. The van der Waals surface area contributed by atoms with E-state index >= 15 is 0 Å². The van der Waals surface area contributed by atoms with E-state index in [9.17, 15) is 19.8 Å². The predicted molar refractivity (Wildman–Crippen MR) is 68.0 cm³/mol. The quantitative estimate of drug-likeness (QED) is 0.446. The van der Waals surface area contributed by atoms with E-state index in [1.807, 2.05) is 4.98 Å². The third-order valence-electron chi connectivity index (χ3n) is 3.25. The van der Waals surface area contributed by atoms with Gasteiger partial charge in [0.25, 0.3) is 5.56 Å². The number of nitrogens with zero attached hydrogens (tertiary/aromatic N) is 2. The van der Waals surface area contributed by atoms with Gasteiger partial charge in [0.1, 0.15) is 18.3 Å². The Morgan fingerprint density at radius 3 is 2.76 bits per heavy atom.